The summed E-state index contributed by atoms with van der Waals surface area (Å²) in [5.74, 6) is -35.9. The van der Waals surface area contributed by atoms with Crippen LogP contribution in [0.25, 0.3) is 0 Å². The van der Waals surface area contributed by atoms with Crippen molar-refractivity contribution in [2.24, 2.45) is 0 Å². The van der Waals surface area contributed by atoms with Gasteiger partial charge in [0.05, 0.1) is 0 Å². The molecule has 6 N–H and O–H groups in total. The fraction of sp³-hybridized carbons (Fsp3) is 1.00. The second kappa shape index (κ2) is 8.32. The second-order valence-electron chi connectivity index (χ2n) is 5.75. The molecule has 0 aromatic heterocycles. The van der Waals surface area contributed by atoms with E-state index in [2.05, 4.69) is 29.0 Å². The maximum absolute atomic E-state index is 10.9. The van der Waals surface area contributed by atoms with Crippen LogP contribution in [0.2, 0.25) is 0 Å². The number of rotatable bonds is 12. The van der Waals surface area contributed by atoms with Gasteiger partial charge in [-0.1, -0.05) is 0 Å². The van der Waals surface area contributed by atoms with Gasteiger partial charge < -0.3 is 30.6 Å². The minimum absolute atomic E-state index is 2.57. The number of aliphatic hydroxyl groups is 6. The van der Waals surface area contributed by atoms with Crippen molar-refractivity contribution < 1.29 is 90.2 Å². The van der Waals surface area contributed by atoms with Gasteiger partial charge in [-0.25, -0.2) is 0 Å². The molecule has 30 heteroatoms. The third kappa shape index (κ3) is 3.63. The first-order valence-corrected chi connectivity index (χ1v) is 7.35. The maximum Gasteiger partial charge on any atom is 0.332 e. The van der Waals surface area contributed by atoms with E-state index in [4.69, 9.17) is 0 Å². The first-order valence-electron chi connectivity index (χ1n) is 7.35. The number of hydrogen-bond acceptors (Lipinski definition) is 24. The van der Waals surface area contributed by atoms with Crippen molar-refractivity contribution in [1.82, 2.24) is 0 Å². The Labute approximate surface area is 187 Å². The molecule has 1 aliphatic carbocycles. The monoisotopic (exact) mass is 546 g/mol. The summed E-state index contributed by atoms with van der Waals surface area (Å²) in [5, 5.41) is 112. The molecule has 0 amide bonds. The molecule has 0 unspecified atom stereocenters. The van der Waals surface area contributed by atoms with E-state index in [1.807, 2.05) is 0 Å². The zero-order chi connectivity index (χ0) is 28.7. The Morgan fingerprint density at radius 1 is 0.333 bits per heavy atom. The summed E-state index contributed by atoms with van der Waals surface area (Å²) in [7, 11) is 0. The molecule has 0 saturated heterocycles. The van der Waals surface area contributed by atoms with Gasteiger partial charge in [0.15, 0.2) is 0 Å². The zero-order valence-electron chi connectivity index (χ0n) is 15.7. The first-order chi connectivity index (χ1) is 16.0. The lowest BCUT2D eigenvalue weighted by Gasteiger charge is -2.62. The van der Waals surface area contributed by atoms with Crippen LogP contribution in [0.4, 0.5) is 0 Å². The molecular formula is C6H6N6O24. The lowest BCUT2D eigenvalue weighted by molar-refractivity contribution is -0.954. The van der Waals surface area contributed by atoms with Crippen LogP contribution in [0.3, 0.4) is 0 Å². The summed E-state index contributed by atoms with van der Waals surface area (Å²) in [6, 6.07) is 0. The van der Waals surface area contributed by atoms with E-state index < -0.39 is 65.2 Å². The highest BCUT2D eigenvalue weighted by Crippen LogP contribution is 2.61. The SMILES string of the molecule is O=[N+]([O-])OC1(O)C(O)(O[N+](=O)[O-])C(O)(O[N+](=O)[O-])C(O)(O[N+](=O)[O-])C(O)(O[N+](=O)[O-])C1(O)O[N+](=O)[O-]. The molecule has 204 valence electrons. The van der Waals surface area contributed by atoms with E-state index in [1.54, 1.807) is 0 Å². The van der Waals surface area contributed by atoms with Gasteiger partial charge in [-0.05, 0) is 0 Å². The van der Waals surface area contributed by atoms with Gasteiger partial charge in [-0.2, -0.15) is 0 Å². The highest BCUT2D eigenvalue weighted by atomic mass is 17.1. The largest absolute Gasteiger partial charge is 0.358 e. The number of hydrogen-bond donors (Lipinski definition) is 6. The van der Waals surface area contributed by atoms with Crippen LogP contribution in [0.15, 0.2) is 0 Å². The summed E-state index contributed by atoms with van der Waals surface area (Å²) in [6.45, 7) is 0. The molecule has 0 spiro atoms. The molecule has 0 atom stereocenters. The van der Waals surface area contributed by atoms with Crippen molar-refractivity contribution in [2.45, 2.75) is 34.7 Å². The molecule has 36 heavy (non-hydrogen) atoms. The molecule has 0 aromatic rings. The third-order valence-electron chi connectivity index (χ3n) is 4.00. The lowest BCUT2D eigenvalue weighted by atomic mass is 9.69. The maximum atomic E-state index is 10.9. The molecule has 30 nitrogen and oxygen atoms in total. The van der Waals surface area contributed by atoms with Crippen LogP contribution in [0, 0.1) is 60.7 Å². The van der Waals surface area contributed by atoms with Crippen LogP contribution < -0.4 is 0 Å². The van der Waals surface area contributed by atoms with Crippen molar-refractivity contribution >= 4 is 0 Å². The molecule has 1 rings (SSSR count). The van der Waals surface area contributed by atoms with E-state index in [9.17, 15) is 91.3 Å². The van der Waals surface area contributed by atoms with Gasteiger partial charge in [-0.15, -0.1) is 60.7 Å². The molecule has 0 heterocycles. The molecule has 0 bridgehead atoms. The van der Waals surface area contributed by atoms with Gasteiger partial charge in [0.25, 0.3) is 30.5 Å². The fourth-order valence-corrected chi connectivity index (χ4v) is 2.77. The Bertz CT molecular complexity index is 776. The van der Waals surface area contributed by atoms with Crippen LogP contribution in [0.1, 0.15) is 0 Å². The van der Waals surface area contributed by atoms with Crippen molar-refractivity contribution in [3.05, 3.63) is 60.7 Å². The van der Waals surface area contributed by atoms with Crippen LogP contribution >= 0.6 is 0 Å². The summed E-state index contributed by atoms with van der Waals surface area (Å²) < 4.78 is 0. The summed E-state index contributed by atoms with van der Waals surface area (Å²) >= 11 is 0. The predicted octanol–water partition coefficient (Wildman–Crippen LogP) is -6.62. The van der Waals surface area contributed by atoms with E-state index in [0.717, 1.165) is 0 Å². The Hall–Kier alpha value is -5.04. The molecular weight excluding hydrogens is 540 g/mol. The molecule has 0 radical (unpaired) electrons. The van der Waals surface area contributed by atoms with Gasteiger partial charge >= 0.3 is 34.7 Å². The van der Waals surface area contributed by atoms with Gasteiger partial charge in [0.2, 0.25) is 0 Å². The average molecular weight is 546 g/mol. The highest BCUT2D eigenvalue weighted by molar-refractivity contribution is 5.23. The zero-order valence-corrected chi connectivity index (χ0v) is 15.7. The Kier molecular flexibility index (Phi) is 6.70. The van der Waals surface area contributed by atoms with E-state index in [1.165, 1.54) is 0 Å². The van der Waals surface area contributed by atoms with Gasteiger partial charge in [0, 0.05) is 0 Å². The molecule has 1 aliphatic rings. The predicted molar refractivity (Wildman–Crippen MR) is 78.2 cm³/mol. The Balaban J connectivity index is 4.59. The molecule has 1 saturated carbocycles. The van der Waals surface area contributed by atoms with E-state index in [-0.39, 0.29) is 0 Å². The second-order valence-corrected chi connectivity index (χ2v) is 5.75. The molecule has 0 aromatic carbocycles. The van der Waals surface area contributed by atoms with E-state index in [0.29, 0.717) is 0 Å². The van der Waals surface area contributed by atoms with Crippen LogP contribution in [-0.2, 0) is 29.0 Å². The lowest BCUT2D eigenvalue weighted by Crippen LogP contribution is -2.98. The minimum Gasteiger partial charge on any atom is -0.358 e. The molecule has 1 fully saturated rings. The normalized spacial score (nSPS) is 37.5. The third-order valence-corrected chi connectivity index (χ3v) is 4.00. The summed E-state index contributed by atoms with van der Waals surface area (Å²) in [5.41, 5.74) is 0. The van der Waals surface area contributed by atoms with E-state index >= 15 is 0 Å². The van der Waals surface area contributed by atoms with Crippen molar-refractivity contribution in [3.63, 3.8) is 0 Å². The fourth-order valence-electron chi connectivity index (χ4n) is 2.77. The molecule has 0 aliphatic heterocycles. The summed E-state index contributed by atoms with van der Waals surface area (Å²) in [6.07, 6.45) is 0. The quantitative estimate of drug-likeness (QED) is 0.0752. The van der Waals surface area contributed by atoms with Crippen molar-refractivity contribution in [1.29, 1.82) is 0 Å². The van der Waals surface area contributed by atoms with Crippen molar-refractivity contribution in [2.75, 3.05) is 0 Å². The van der Waals surface area contributed by atoms with Gasteiger partial charge in [0.1, 0.15) is 0 Å². The Morgan fingerprint density at radius 3 is 0.472 bits per heavy atom. The smallest absolute Gasteiger partial charge is 0.332 e. The standard InChI is InChI=1S/C6H6N6O24/c13-1(31-7(19)20)2(14,32-8(21)22)4(16,34-10(25)26)6(18,36-12(29)30)5(17,35-11(27)28)3(1,15)33-9(23)24/h13-18H. The van der Waals surface area contributed by atoms with Crippen LogP contribution in [-0.4, -0.2) is 95.9 Å². The van der Waals surface area contributed by atoms with Gasteiger partial charge in [-0.3, -0.25) is 29.0 Å². The van der Waals surface area contributed by atoms with Crippen LogP contribution in [0.5, 0.6) is 0 Å². The summed E-state index contributed by atoms with van der Waals surface area (Å²) in [4.78, 5) is 83.9. The first kappa shape index (κ1) is 29.0. The Morgan fingerprint density at radius 2 is 0.417 bits per heavy atom. The minimum atomic E-state index is -5.98. The average Bonchev–Trinajstić information content (AvgIpc) is 2.62. The number of nitrogens with zero attached hydrogens (tertiary/aromatic N) is 6. The topological polar surface area (TPSA) is 436 Å². The highest BCUT2D eigenvalue weighted by Gasteiger charge is 3.00. The van der Waals surface area contributed by atoms with Crippen molar-refractivity contribution in [3.8, 4) is 0 Å².